The summed E-state index contributed by atoms with van der Waals surface area (Å²) < 4.78 is 0. The van der Waals surface area contributed by atoms with Crippen molar-refractivity contribution in [1.29, 1.82) is 0 Å². The van der Waals surface area contributed by atoms with E-state index in [9.17, 15) is 10.2 Å². The molecule has 4 saturated carbocycles. The lowest BCUT2D eigenvalue weighted by atomic mass is 9.48. The Morgan fingerprint density at radius 3 is 2.09 bits per heavy atom. The third-order valence-electron chi connectivity index (χ3n) is 6.58. The fraction of sp³-hybridized carbons (Fsp3) is 0.500. The smallest absolute Gasteiger partial charge is 0.127 e. The molecule has 0 unspecified atom stereocenters. The molecule has 2 aromatic carbocycles. The average Bonchev–Trinajstić information content (AvgIpc) is 2.45. The second kappa shape index (κ2) is 4.18. The van der Waals surface area contributed by atoms with Crippen molar-refractivity contribution in [2.24, 2.45) is 17.8 Å². The van der Waals surface area contributed by atoms with E-state index < -0.39 is 0 Å². The molecule has 0 radical (unpaired) electrons. The summed E-state index contributed by atoms with van der Waals surface area (Å²) in [4.78, 5) is 0. The van der Waals surface area contributed by atoms with Gasteiger partial charge in [-0.15, -0.1) is 0 Å². The minimum absolute atomic E-state index is 0.213. The van der Waals surface area contributed by atoms with Crippen LogP contribution in [-0.4, -0.2) is 10.2 Å². The fourth-order valence-electron chi connectivity index (χ4n) is 6.17. The number of phenolic OH excluding ortho intramolecular Hbond substituents is 2. The summed E-state index contributed by atoms with van der Waals surface area (Å²) in [5.74, 6) is 3.34. The maximum Gasteiger partial charge on any atom is 0.127 e. The summed E-state index contributed by atoms with van der Waals surface area (Å²) in [5.41, 5.74) is 1.38. The van der Waals surface area contributed by atoms with Crippen LogP contribution < -0.4 is 0 Å². The van der Waals surface area contributed by atoms with Crippen LogP contribution in [0.25, 0.3) is 10.8 Å². The van der Waals surface area contributed by atoms with Crippen LogP contribution in [0.3, 0.4) is 0 Å². The van der Waals surface area contributed by atoms with E-state index in [1.165, 1.54) is 44.1 Å². The maximum absolute atomic E-state index is 10.9. The highest BCUT2D eigenvalue weighted by Crippen LogP contribution is 2.62. The van der Waals surface area contributed by atoms with Crippen molar-refractivity contribution in [2.75, 3.05) is 0 Å². The van der Waals surface area contributed by atoms with Crippen molar-refractivity contribution in [3.8, 4) is 11.5 Å². The molecule has 0 heterocycles. The first-order valence-electron chi connectivity index (χ1n) is 8.58. The Kier molecular flexibility index (Phi) is 2.44. The van der Waals surface area contributed by atoms with Crippen LogP contribution in [0.4, 0.5) is 0 Å². The summed E-state index contributed by atoms with van der Waals surface area (Å²) in [6, 6.07) is 9.46. The van der Waals surface area contributed by atoms with Gasteiger partial charge in [0.2, 0.25) is 0 Å². The van der Waals surface area contributed by atoms with Crippen LogP contribution in [0.1, 0.15) is 44.1 Å². The molecule has 2 heteroatoms. The van der Waals surface area contributed by atoms with Crippen LogP contribution >= 0.6 is 0 Å². The quantitative estimate of drug-likeness (QED) is 0.799. The first-order valence-corrected chi connectivity index (χ1v) is 8.58. The number of rotatable bonds is 1. The van der Waals surface area contributed by atoms with Crippen LogP contribution in [-0.2, 0) is 5.41 Å². The minimum Gasteiger partial charge on any atom is -0.508 e. The van der Waals surface area contributed by atoms with Crippen molar-refractivity contribution in [3.63, 3.8) is 0 Å². The van der Waals surface area contributed by atoms with Gasteiger partial charge in [0.05, 0.1) is 0 Å². The van der Waals surface area contributed by atoms with Gasteiger partial charge in [0.1, 0.15) is 11.5 Å². The lowest BCUT2D eigenvalue weighted by molar-refractivity contribution is -0.00603. The lowest BCUT2D eigenvalue weighted by Gasteiger charge is -2.57. The number of hydrogen-bond acceptors (Lipinski definition) is 2. The van der Waals surface area contributed by atoms with Crippen LogP contribution in [0.15, 0.2) is 30.3 Å². The van der Waals surface area contributed by atoms with E-state index in [0.29, 0.717) is 5.75 Å². The lowest BCUT2D eigenvalue weighted by Crippen LogP contribution is -2.48. The normalized spacial score (nSPS) is 36.1. The number of benzene rings is 2. The van der Waals surface area contributed by atoms with Crippen LogP contribution in [0.5, 0.6) is 11.5 Å². The van der Waals surface area contributed by atoms with E-state index in [1.807, 2.05) is 6.07 Å². The first-order chi connectivity index (χ1) is 10.6. The molecule has 2 N–H and O–H groups in total. The molecule has 4 bridgehead atoms. The highest BCUT2D eigenvalue weighted by Gasteiger charge is 2.52. The van der Waals surface area contributed by atoms with Gasteiger partial charge in [-0.2, -0.15) is 0 Å². The third kappa shape index (κ3) is 1.67. The topological polar surface area (TPSA) is 40.5 Å². The van der Waals surface area contributed by atoms with Crippen LogP contribution in [0.2, 0.25) is 0 Å². The molecular formula is C20H22O2. The SMILES string of the molecule is Oc1ccc2c(O)c(C34CC5CC(CC(C5)C3)C4)ccc2c1. The largest absolute Gasteiger partial charge is 0.508 e. The Morgan fingerprint density at radius 1 is 0.818 bits per heavy atom. The molecule has 2 nitrogen and oxygen atoms in total. The summed E-state index contributed by atoms with van der Waals surface area (Å²) in [5, 5.41) is 22.4. The van der Waals surface area contributed by atoms with Crippen molar-refractivity contribution in [2.45, 2.75) is 43.9 Å². The average molecular weight is 294 g/mol. The highest BCUT2D eigenvalue weighted by molar-refractivity contribution is 5.90. The molecule has 4 aliphatic rings. The summed E-state index contributed by atoms with van der Waals surface area (Å²) >= 11 is 0. The molecule has 22 heavy (non-hydrogen) atoms. The standard InChI is InChI=1S/C20H22O2/c21-16-2-3-17-15(8-16)1-4-18(19(17)22)20-9-12-5-13(10-20)7-14(6-12)11-20/h1-4,8,12-14,21-22H,5-7,9-11H2. The van der Waals surface area contributed by atoms with Gasteiger partial charge in [0.25, 0.3) is 0 Å². The molecular weight excluding hydrogens is 272 g/mol. The fourth-order valence-corrected chi connectivity index (χ4v) is 6.17. The zero-order valence-corrected chi connectivity index (χ0v) is 12.8. The zero-order chi connectivity index (χ0) is 14.9. The molecule has 0 atom stereocenters. The predicted octanol–water partition coefficient (Wildman–Crippen LogP) is 4.72. The number of fused-ring (bicyclic) bond motifs is 1. The van der Waals surface area contributed by atoms with Crippen molar-refractivity contribution in [1.82, 2.24) is 0 Å². The second-order valence-electron chi connectivity index (χ2n) is 8.07. The molecule has 2 aromatic rings. The predicted molar refractivity (Wildman–Crippen MR) is 87.1 cm³/mol. The van der Waals surface area contributed by atoms with Crippen molar-refractivity contribution >= 4 is 10.8 Å². The summed E-state index contributed by atoms with van der Waals surface area (Å²) in [7, 11) is 0. The summed E-state index contributed by atoms with van der Waals surface area (Å²) in [6.07, 6.45) is 8.03. The Hall–Kier alpha value is -1.70. The van der Waals surface area contributed by atoms with Gasteiger partial charge in [-0.25, -0.2) is 0 Å². The maximum atomic E-state index is 10.9. The highest BCUT2D eigenvalue weighted by atomic mass is 16.3. The summed E-state index contributed by atoms with van der Waals surface area (Å²) in [6.45, 7) is 0. The van der Waals surface area contributed by atoms with E-state index in [1.54, 1.807) is 12.1 Å². The van der Waals surface area contributed by atoms with Gasteiger partial charge in [0, 0.05) is 10.9 Å². The number of aromatic hydroxyl groups is 2. The van der Waals surface area contributed by atoms with Gasteiger partial charge in [-0.1, -0.05) is 12.1 Å². The van der Waals surface area contributed by atoms with Gasteiger partial charge in [-0.3, -0.25) is 0 Å². The van der Waals surface area contributed by atoms with Crippen molar-refractivity contribution < 1.29 is 10.2 Å². The monoisotopic (exact) mass is 294 g/mol. The molecule has 4 fully saturated rings. The van der Waals surface area contributed by atoms with Gasteiger partial charge in [0.15, 0.2) is 0 Å². The van der Waals surface area contributed by atoms with E-state index in [0.717, 1.165) is 28.5 Å². The molecule has 0 spiro atoms. The Balaban J connectivity index is 1.67. The van der Waals surface area contributed by atoms with Gasteiger partial charge < -0.3 is 10.2 Å². The Morgan fingerprint density at radius 2 is 1.45 bits per heavy atom. The molecule has 0 aromatic heterocycles. The second-order valence-corrected chi connectivity index (χ2v) is 8.07. The molecule has 4 aliphatic carbocycles. The zero-order valence-electron chi connectivity index (χ0n) is 12.8. The number of hydrogen-bond donors (Lipinski definition) is 2. The van der Waals surface area contributed by atoms with Gasteiger partial charge in [-0.05, 0) is 85.3 Å². The van der Waals surface area contributed by atoms with E-state index in [-0.39, 0.29) is 11.2 Å². The van der Waals surface area contributed by atoms with E-state index in [4.69, 9.17) is 0 Å². The van der Waals surface area contributed by atoms with Crippen LogP contribution in [0, 0.1) is 17.8 Å². The van der Waals surface area contributed by atoms with E-state index in [2.05, 4.69) is 12.1 Å². The molecule has 6 rings (SSSR count). The van der Waals surface area contributed by atoms with Crippen molar-refractivity contribution in [3.05, 3.63) is 35.9 Å². The van der Waals surface area contributed by atoms with Gasteiger partial charge >= 0.3 is 0 Å². The first kappa shape index (κ1) is 12.8. The van der Waals surface area contributed by atoms with E-state index >= 15 is 0 Å². The molecule has 0 aliphatic heterocycles. The molecule has 0 amide bonds. The Labute approximate surface area is 130 Å². The minimum atomic E-state index is 0.213. The molecule has 0 saturated heterocycles. The molecule has 114 valence electrons. The number of phenols is 2. The third-order valence-corrected chi connectivity index (χ3v) is 6.58. The Bertz CT molecular complexity index is 726.